The lowest BCUT2D eigenvalue weighted by molar-refractivity contribution is -0.698. The molecule has 2 rings (SSSR count). The molecule has 0 N–H and O–H groups in total. The zero-order valence-corrected chi connectivity index (χ0v) is 19.9. The molecule has 2 unspecified atom stereocenters. The lowest BCUT2D eigenvalue weighted by Gasteiger charge is -2.36. The molecule has 1 aliphatic heterocycles. The van der Waals surface area contributed by atoms with Crippen LogP contribution in [0.25, 0.3) is 0 Å². The maximum Gasteiger partial charge on any atom is 0.172 e. The lowest BCUT2D eigenvalue weighted by atomic mass is 9.85. The van der Waals surface area contributed by atoms with Gasteiger partial charge >= 0.3 is 0 Å². The molecule has 8 heteroatoms. The summed E-state index contributed by atoms with van der Waals surface area (Å²) in [7, 11) is -3.92. The van der Waals surface area contributed by atoms with Crippen LogP contribution in [0.1, 0.15) is 64.0 Å². The number of rotatable bonds is 8. The van der Waals surface area contributed by atoms with Crippen LogP contribution in [-0.2, 0) is 30.9 Å². The molecule has 1 aliphatic rings. The van der Waals surface area contributed by atoms with Crippen molar-refractivity contribution < 1.29 is 31.8 Å². The maximum atomic E-state index is 11.5. The number of aromatic nitrogens is 1. The molecule has 1 saturated heterocycles. The van der Waals surface area contributed by atoms with Crippen LogP contribution in [-0.4, -0.2) is 45.0 Å². The number of aryl methyl sites for hydroxylation is 2. The Bertz CT molecular complexity index is 760. The van der Waals surface area contributed by atoms with Crippen LogP contribution in [0.15, 0.2) is 18.5 Å². The van der Waals surface area contributed by atoms with E-state index in [4.69, 9.17) is 22.4 Å². The van der Waals surface area contributed by atoms with Crippen molar-refractivity contribution in [3.05, 3.63) is 29.6 Å². The van der Waals surface area contributed by atoms with Crippen molar-refractivity contribution in [2.24, 2.45) is 11.3 Å². The second kappa shape index (κ2) is 11.9. The first-order chi connectivity index (χ1) is 13.8. The molecule has 172 valence electrons. The molecule has 0 radical (unpaired) electrons. The molecule has 0 aliphatic carbocycles. The Morgan fingerprint density at radius 1 is 1.30 bits per heavy atom. The van der Waals surface area contributed by atoms with Crippen LogP contribution in [0.3, 0.4) is 0 Å². The minimum Gasteiger partial charge on any atom is -0.748 e. The molecule has 7 nitrogen and oxygen atoms in total. The zero-order chi connectivity index (χ0) is 22.9. The number of hydrogen-bond acceptors (Lipinski definition) is 6. The molecule has 2 atom stereocenters. The molecule has 1 fully saturated rings. The van der Waals surface area contributed by atoms with Crippen molar-refractivity contribution in [1.29, 1.82) is 0 Å². The Morgan fingerprint density at radius 2 is 1.87 bits per heavy atom. The molecular weight excluding hydrogens is 406 g/mol. The van der Waals surface area contributed by atoms with Gasteiger partial charge in [-0.2, -0.15) is 0 Å². The van der Waals surface area contributed by atoms with E-state index in [2.05, 4.69) is 50.7 Å². The van der Waals surface area contributed by atoms with Gasteiger partial charge in [0.25, 0.3) is 0 Å². The van der Waals surface area contributed by atoms with E-state index in [1.54, 1.807) is 0 Å². The largest absolute Gasteiger partial charge is 0.748 e. The van der Waals surface area contributed by atoms with Crippen molar-refractivity contribution in [3.8, 4) is 0 Å². The second-order valence-electron chi connectivity index (χ2n) is 9.00. The number of unbranched alkanes of at least 4 members (excludes halogenated alkanes) is 1. The highest BCUT2D eigenvalue weighted by Crippen LogP contribution is 2.32. The van der Waals surface area contributed by atoms with Crippen LogP contribution >= 0.6 is 0 Å². The first kappa shape index (κ1) is 26.7. The number of ether oxygens (including phenoxy) is 2. The number of carbonyl (C=O) groups excluding carboxylic acids is 1. The fourth-order valence-electron chi connectivity index (χ4n) is 3.32. The Kier molecular flexibility index (Phi) is 10.6. The molecule has 0 amide bonds. The summed E-state index contributed by atoms with van der Waals surface area (Å²) in [6.07, 6.45) is 8.84. The Hall–Kier alpha value is -1.35. The molecule has 2 heterocycles. The van der Waals surface area contributed by atoms with E-state index in [1.165, 1.54) is 17.5 Å². The number of nitrogens with zero attached hydrogens (tertiary/aromatic N) is 1. The number of pyridine rings is 1. The van der Waals surface area contributed by atoms with E-state index < -0.39 is 10.1 Å². The average Bonchev–Trinajstić information content (AvgIpc) is 2.63. The van der Waals surface area contributed by atoms with E-state index in [-0.39, 0.29) is 23.5 Å². The van der Waals surface area contributed by atoms with Gasteiger partial charge in [0.05, 0.1) is 23.3 Å². The van der Waals surface area contributed by atoms with Crippen LogP contribution < -0.4 is 4.57 Å². The highest BCUT2D eigenvalue weighted by molar-refractivity contribution is 7.84. The van der Waals surface area contributed by atoms with Gasteiger partial charge in [-0.3, -0.25) is 0 Å². The summed E-state index contributed by atoms with van der Waals surface area (Å²) in [6.45, 7) is 13.0. The summed E-state index contributed by atoms with van der Waals surface area (Å²) in [6, 6.07) is 2.19. The smallest absolute Gasteiger partial charge is 0.172 e. The highest BCUT2D eigenvalue weighted by Gasteiger charge is 2.32. The van der Waals surface area contributed by atoms with Crippen molar-refractivity contribution in [2.45, 2.75) is 72.6 Å². The number of aldehydes is 1. The van der Waals surface area contributed by atoms with Crippen molar-refractivity contribution >= 4 is 16.4 Å². The molecular formula is C22H37NO6S. The maximum absolute atomic E-state index is 11.5. The molecule has 1 aromatic rings. The minimum absolute atomic E-state index is 0.0643. The third-order valence-electron chi connectivity index (χ3n) is 4.89. The summed E-state index contributed by atoms with van der Waals surface area (Å²) in [5.41, 5.74) is 2.49. The van der Waals surface area contributed by atoms with Gasteiger partial charge in [-0.15, -0.1) is 0 Å². The van der Waals surface area contributed by atoms with Gasteiger partial charge in [0.1, 0.15) is 12.8 Å². The summed E-state index contributed by atoms with van der Waals surface area (Å²) < 4.78 is 41.3. The quantitative estimate of drug-likeness (QED) is 0.348. The van der Waals surface area contributed by atoms with E-state index in [0.717, 1.165) is 19.3 Å². The standard InChI is InChI=1S/C21H34NO3.CH4O3S/c1-6-7-8-22-11-16(2)9-18(12-22)19(17(3)13-23)10-20-24-14-21(4,5)15-25-20;1-5(2,3)4/h9,11-13,17,19-20H,6-8,10,14-15H2,1-5H3;1H3,(H,2,3,4)/q+1;/p-1. The van der Waals surface area contributed by atoms with Gasteiger partial charge in [0.2, 0.25) is 0 Å². The lowest BCUT2D eigenvalue weighted by Crippen LogP contribution is -2.39. The minimum atomic E-state index is -3.92. The number of hydrogen-bond donors (Lipinski definition) is 0. The molecule has 0 aromatic carbocycles. The molecule has 1 aromatic heterocycles. The second-order valence-corrected chi connectivity index (χ2v) is 10.4. The summed E-state index contributed by atoms with van der Waals surface area (Å²) >= 11 is 0. The van der Waals surface area contributed by atoms with Crippen molar-refractivity contribution in [3.63, 3.8) is 0 Å². The van der Waals surface area contributed by atoms with E-state index in [9.17, 15) is 4.79 Å². The topological polar surface area (TPSA) is 96.6 Å². The Labute approximate surface area is 181 Å². The van der Waals surface area contributed by atoms with E-state index >= 15 is 0 Å². The molecule has 0 bridgehead atoms. The van der Waals surface area contributed by atoms with Gasteiger partial charge in [-0.25, -0.2) is 13.0 Å². The van der Waals surface area contributed by atoms with Gasteiger partial charge in [0.15, 0.2) is 18.7 Å². The first-order valence-corrected chi connectivity index (χ1v) is 12.3. The van der Waals surface area contributed by atoms with E-state index in [1.807, 2.05) is 6.92 Å². The van der Waals surface area contributed by atoms with Gasteiger partial charge in [-0.05, 0) is 13.0 Å². The Morgan fingerprint density at radius 3 is 2.37 bits per heavy atom. The third-order valence-corrected chi connectivity index (χ3v) is 4.89. The Balaban J connectivity index is 0.000000804. The third kappa shape index (κ3) is 10.6. The molecule has 0 saturated carbocycles. The zero-order valence-electron chi connectivity index (χ0n) is 19.1. The van der Waals surface area contributed by atoms with Crippen molar-refractivity contribution in [1.82, 2.24) is 0 Å². The van der Waals surface area contributed by atoms with Crippen molar-refractivity contribution in [2.75, 3.05) is 19.5 Å². The van der Waals surface area contributed by atoms with Crippen LogP contribution in [0.2, 0.25) is 0 Å². The summed E-state index contributed by atoms with van der Waals surface area (Å²) in [5.74, 6) is 0.0417. The average molecular weight is 444 g/mol. The SMILES string of the molecule is CCCC[n+]1cc(C)cc(C(CC2OCC(C)(C)CO2)C(C)C=O)c1.CS(=O)(=O)[O-]. The van der Waals surface area contributed by atoms with Gasteiger partial charge in [-0.1, -0.05) is 34.1 Å². The van der Waals surface area contributed by atoms with Crippen LogP contribution in [0.4, 0.5) is 0 Å². The summed E-state index contributed by atoms with van der Waals surface area (Å²) in [5, 5.41) is 0. The number of carbonyl (C=O) groups is 1. The fourth-order valence-corrected chi connectivity index (χ4v) is 3.32. The van der Waals surface area contributed by atoms with Gasteiger partial charge < -0.3 is 18.8 Å². The van der Waals surface area contributed by atoms with Gasteiger partial charge in [0, 0.05) is 47.5 Å². The summed E-state index contributed by atoms with van der Waals surface area (Å²) in [4.78, 5) is 11.5. The first-order valence-electron chi connectivity index (χ1n) is 10.4. The normalized spacial score (nSPS) is 18.8. The highest BCUT2D eigenvalue weighted by atomic mass is 32.2. The van der Waals surface area contributed by atoms with Crippen LogP contribution in [0.5, 0.6) is 0 Å². The fraction of sp³-hybridized carbons (Fsp3) is 0.727. The molecule has 30 heavy (non-hydrogen) atoms. The molecule has 0 spiro atoms. The predicted octanol–water partition coefficient (Wildman–Crippen LogP) is 2.95. The van der Waals surface area contributed by atoms with E-state index in [0.29, 0.717) is 25.9 Å². The van der Waals surface area contributed by atoms with Crippen LogP contribution in [0, 0.1) is 18.3 Å². The monoisotopic (exact) mass is 443 g/mol. The predicted molar refractivity (Wildman–Crippen MR) is 114 cm³/mol.